The minimum atomic E-state index is -2.68. The molecular weight excluding hydrogens is 468 g/mol. The Morgan fingerprint density at radius 2 is 1.92 bits per heavy atom. The fourth-order valence-corrected chi connectivity index (χ4v) is 4.13. The zero-order valence-electron chi connectivity index (χ0n) is 22.4. The lowest BCUT2D eigenvalue weighted by molar-refractivity contribution is 0.0796. The molecule has 0 atom stereocenters. The number of benzene rings is 2. The number of aromatic nitrogens is 3. The van der Waals surface area contributed by atoms with Crippen LogP contribution in [0.25, 0.3) is 10.9 Å². The summed E-state index contributed by atoms with van der Waals surface area (Å²) in [6.45, 7) is 2.19. The highest BCUT2D eigenvalue weighted by atomic mass is 19.3. The fraction of sp³-hybridized carbons (Fsp3) is 0.269. The van der Waals surface area contributed by atoms with E-state index in [-0.39, 0.29) is 24.0 Å². The molecule has 3 heterocycles. The van der Waals surface area contributed by atoms with Gasteiger partial charge in [-0.1, -0.05) is 6.92 Å². The predicted octanol–water partition coefficient (Wildman–Crippen LogP) is 5.77. The largest absolute Gasteiger partial charge is 0.497 e. The topological polar surface area (TPSA) is 72.7 Å². The molecule has 1 aliphatic heterocycles. The Hall–Kier alpha value is -4.21. The van der Waals surface area contributed by atoms with Crippen LogP contribution in [0, 0.1) is 0 Å². The number of pyridine rings is 1. The van der Waals surface area contributed by atoms with Crippen LogP contribution in [0.5, 0.6) is 11.6 Å². The maximum Gasteiger partial charge on any atom is 0.335 e. The van der Waals surface area contributed by atoms with Gasteiger partial charge >= 0.3 is 6.03 Å². The van der Waals surface area contributed by atoms with Crippen LogP contribution in [0.2, 0.25) is 0 Å². The van der Waals surface area contributed by atoms with E-state index in [1.165, 1.54) is 35.2 Å². The van der Waals surface area contributed by atoms with Crippen LogP contribution in [0.3, 0.4) is 0 Å². The normalized spacial score (nSPS) is 15.0. The van der Waals surface area contributed by atoms with Gasteiger partial charge in [-0.2, -0.15) is 10.1 Å². The van der Waals surface area contributed by atoms with Crippen molar-refractivity contribution >= 4 is 34.1 Å². The Morgan fingerprint density at radius 3 is 2.67 bits per heavy atom. The number of rotatable bonds is 8. The number of alkyl halides is 2. The standard InChI is InChI=1S/C26H25F2N5O3/c1-3-12-31-14-18-13-20(7-10-22(18)30-31)32-15-17-4-11-24(36-16-23(27)28)29-25(17)33(26(32)34)19-5-8-21(35-2)9-6-19/h4-11,13-14,23H,3,12,15-16H2,1-2H3/i2D3. The number of hydrogen-bond acceptors (Lipinski definition) is 5. The average Bonchev–Trinajstić information content (AvgIpc) is 3.29. The summed E-state index contributed by atoms with van der Waals surface area (Å²) >= 11 is 0. The highest BCUT2D eigenvalue weighted by Gasteiger charge is 2.34. The number of aryl methyl sites for hydroxylation is 1. The van der Waals surface area contributed by atoms with E-state index in [1.54, 1.807) is 11.0 Å². The summed E-state index contributed by atoms with van der Waals surface area (Å²) in [4.78, 5) is 21.2. The van der Waals surface area contributed by atoms with Crippen LogP contribution in [0.4, 0.5) is 30.8 Å². The lowest BCUT2D eigenvalue weighted by Gasteiger charge is -2.36. The minimum absolute atomic E-state index is 0.0487. The number of nitrogens with zero attached hydrogens (tertiary/aromatic N) is 5. The highest BCUT2D eigenvalue weighted by Crippen LogP contribution is 2.38. The molecule has 0 bridgehead atoms. The molecule has 2 aromatic carbocycles. The van der Waals surface area contributed by atoms with Gasteiger partial charge in [0.1, 0.15) is 11.6 Å². The van der Waals surface area contributed by atoms with Crippen molar-refractivity contribution in [3.8, 4) is 11.6 Å². The van der Waals surface area contributed by atoms with E-state index < -0.39 is 26.1 Å². The first-order valence-electron chi connectivity index (χ1n) is 12.9. The number of urea groups is 1. The van der Waals surface area contributed by atoms with Crippen LogP contribution >= 0.6 is 0 Å². The van der Waals surface area contributed by atoms with E-state index in [1.807, 2.05) is 29.1 Å². The number of carbonyl (C=O) groups is 1. The lowest BCUT2D eigenvalue weighted by atomic mass is 10.1. The Bertz CT molecular complexity index is 1490. The van der Waals surface area contributed by atoms with Gasteiger partial charge in [0.15, 0.2) is 6.61 Å². The third-order valence-electron chi connectivity index (χ3n) is 5.76. The van der Waals surface area contributed by atoms with Crippen molar-refractivity contribution in [2.24, 2.45) is 0 Å². The molecule has 0 unspecified atom stereocenters. The number of fused-ring (bicyclic) bond motifs is 2. The molecule has 0 radical (unpaired) electrons. The third kappa shape index (κ3) is 4.53. The van der Waals surface area contributed by atoms with Crippen LogP contribution in [-0.2, 0) is 13.1 Å². The Kier molecular flexibility index (Phi) is 5.46. The molecule has 10 heteroatoms. The van der Waals surface area contributed by atoms with E-state index in [0.29, 0.717) is 16.9 Å². The number of ether oxygens (including phenoxy) is 2. The van der Waals surface area contributed by atoms with Gasteiger partial charge in [0.25, 0.3) is 6.43 Å². The molecule has 186 valence electrons. The molecule has 2 aromatic heterocycles. The smallest absolute Gasteiger partial charge is 0.335 e. The maximum absolute atomic E-state index is 13.9. The molecule has 8 nitrogen and oxygen atoms in total. The molecule has 5 rings (SSSR count). The fourth-order valence-electron chi connectivity index (χ4n) is 4.13. The number of amides is 2. The van der Waals surface area contributed by atoms with Gasteiger partial charge in [-0.05, 0) is 55.0 Å². The Labute approximate surface area is 210 Å². The number of halogens is 2. The maximum atomic E-state index is 13.9. The lowest BCUT2D eigenvalue weighted by Crippen LogP contribution is -2.45. The van der Waals surface area contributed by atoms with Crippen molar-refractivity contribution in [2.75, 3.05) is 23.4 Å². The van der Waals surface area contributed by atoms with Crippen molar-refractivity contribution in [1.29, 1.82) is 0 Å². The molecule has 0 spiro atoms. The summed E-state index contributed by atoms with van der Waals surface area (Å²) in [5.41, 5.74) is 2.48. The quantitative estimate of drug-likeness (QED) is 0.310. The molecule has 36 heavy (non-hydrogen) atoms. The highest BCUT2D eigenvalue weighted by molar-refractivity contribution is 6.10. The van der Waals surface area contributed by atoms with Gasteiger partial charge in [-0.15, -0.1) is 0 Å². The molecular formula is C26H25F2N5O3. The number of anilines is 3. The van der Waals surface area contributed by atoms with Crippen molar-refractivity contribution in [3.63, 3.8) is 0 Å². The average molecular weight is 497 g/mol. The zero-order valence-corrected chi connectivity index (χ0v) is 19.4. The summed E-state index contributed by atoms with van der Waals surface area (Å²) in [5.74, 6) is 0.272. The second kappa shape index (κ2) is 9.80. The van der Waals surface area contributed by atoms with Crippen molar-refractivity contribution in [2.45, 2.75) is 32.9 Å². The van der Waals surface area contributed by atoms with Crippen LogP contribution < -0.4 is 19.3 Å². The Balaban J connectivity index is 1.54. The van der Waals surface area contributed by atoms with Crippen molar-refractivity contribution in [3.05, 3.63) is 66.4 Å². The second-order valence-electron chi connectivity index (χ2n) is 8.27. The first kappa shape index (κ1) is 20.0. The van der Waals surface area contributed by atoms with Crippen LogP contribution in [-0.4, -0.2) is 40.9 Å². The summed E-state index contributed by atoms with van der Waals surface area (Å²) in [6.07, 6.45) is 0.183. The molecule has 0 N–H and O–H groups in total. The van der Waals surface area contributed by atoms with Crippen molar-refractivity contribution in [1.82, 2.24) is 14.8 Å². The van der Waals surface area contributed by atoms with Gasteiger partial charge in [0, 0.05) is 35.4 Å². The molecule has 0 saturated carbocycles. The SMILES string of the molecule is [2H]C([2H])([2H])Oc1ccc(N2C(=O)N(c3ccc4nn(CCC)cc4c3)Cc3ccc(OCC(F)F)nc32)cc1. The minimum Gasteiger partial charge on any atom is -0.497 e. The molecule has 4 aromatic rings. The second-order valence-corrected chi connectivity index (χ2v) is 8.27. The molecule has 1 aliphatic rings. The number of carbonyl (C=O) groups excluding carboxylic acids is 1. The Morgan fingerprint density at radius 1 is 1.11 bits per heavy atom. The van der Waals surface area contributed by atoms with E-state index in [4.69, 9.17) is 13.6 Å². The number of methoxy groups -OCH3 is 1. The number of hydrogen-bond donors (Lipinski definition) is 0. The molecule has 0 saturated heterocycles. The molecule has 0 fully saturated rings. The van der Waals surface area contributed by atoms with Gasteiger partial charge in [0.05, 0.1) is 28.9 Å². The van der Waals surface area contributed by atoms with E-state index >= 15 is 0 Å². The first-order chi connectivity index (χ1) is 18.6. The molecule has 2 amide bonds. The van der Waals surface area contributed by atoms with Gasteiger partial charge in [-0.3, -0.25) is 9.58 Å². The third-order valence-corrected chi connectivity index (χ3v) is 5.76. The summed E-state index contributed by atoms with van der Waals surface area (Å²) in [6, 6.07) is 14.2. The van der Waals surface area contributed by atoms with Crippen molar-refractivity contribution < 1.29 is 27.2 Å². The van der Waals surface area contributed by atoms with E-state index in [0.717, 1.165) is 23.9 Å². The van der Waals surface area contributed by atoms with Crippen LogP contribution in [0.15, 0.2) is 60.8 Å². The van der Waals surface area contributed by atoms with Gasteiger partial charge < -0.3 is 9.47 Å². The van der Waals surface area contributed by atoms with Gasteiger partial charge in [0.2, 0.25) is 5.88 Å². The van der Waals surface area contributed by atoms with E-state index in [9.17, 15) is 13.6 Å². The van der Waals surface area contributed by atoms with E-state index in [2.05, 4.69) is 17.0 Å². The van der Waals surface area contributed by atoms with Crippen LogP contribution in [0.1, 0.15) is 23.0 Å². The summed E-state index contributed by atoms with van der Waals surface area (Å²) in [7, 11) is -2.63. The summed E-state index contributed by atoms with van der Waals surface area (Å²) in [5, 5.41) is 5.43. The molecule has 0 aliphatic carbocycles. The summed E-state index contributed by atoms with van der Waals surface area (Å²) < 4.78 is 59.3. The monoisotopic (exact) mass is 496 g/mol. The zero-order chi connectivity index (χ0) is 27.7. The first-order valence-corrected chi connectivity index (χ1v) is 11.4. The predicted molar refractivity (Wildman–Crippen MR) is 132 cm³/mol. The van der Waals surface area contributed by atoms with Gasteiger partial charge in [-0.25, -0.2) is 18.5 Å².